The molecule has 0 spiro atoms. The molecule has 2 amide bonds. The van der Waals surface area contributed by atoms with Gasteiger partial charge in [-0.25, -0.2) is 13.5 Å². The Balaban J connectivity index is 1.61. The van der Waals surface area contributed by atoms with Crippen molar-refractivity contribution in [2.75, 3.05) is 0 Å². The third kappa shape index (κ3) is 4.79. The van der Waals surface area contributed by atoms with E-state index in [0.29, 0.717) is 12.8 Å². The molecule has 3 rings (SSSR count). The van der Waals surface area contributed by atoms with Gasteiger partial charge in [0.2, 0.25) is 11.8 Å². The second kappa shape index (κ2) is 8.69. The van der Waals surface area contributed by atoms with Gasteiger partial charge in [-0.2, -0.15) is 5.10 Å². The maximum absolute atomic E-state index is 13.7. The van der Waals surface area contributed by atoms with E-state index in [1.807, 2.05) is 20.8 Å². The Kier molecular flexibility index (Phi) is 6.26. The Bertz CT molecular complexity index is 908. The van der Waals surface area contributed by atoms with Crippen LogP contribution in [0.3, 0.4) is 0 Å². The zero-order chi connectivity index (χ0) is 21.1. The van der Waals surface area contributed by atoms with Crippen molar-refractivity contribution in [2.45, 2.75) is 58.9 Å². The van der Waals surface area contributed by atoms with Gasteiger partial charge in [0.15, 0.2) is 6.29 Å². The highest BCUT2D eigenvalue weighted by atomic mass is 19.1. The fraction of sp³-hybridized carbons (Fsp3) is 0.450. The van der Waals surface area contributed by atoms with Gasteiger partial charge in [-0.1, -0.05) is 6.07 Å². The quantitative estimate of drug-likeness (QED) is 0.686. The van der Waals surface area contributed by atoms with Gasteiger partial charge in [-0.05, 0) is 44.9 Å². The number of hydrogen-bond acceptors (Lipinski definition) is 4. The van der Waals surface area contributed by atoms with Gasteiger partial charge in [-0.15, -0.1) is 0 Å². The first-order valence-electron chi connectivity index (χ1n) is 9.56. The molecule has 1 aromatic heterocycles. The number of carbonyl (C=O) groups excluding carboxylic acids is 2. The zero-order valence-electron chi connectivity index (χ0n) is 16.7. The lowest BCUT2D eigenvalue weighted by Crippen LogP contribution is -2.52. The molecule has 1 aliphatic heterocycles. The topological polar surface area (TPSA) is 88.1 Å². The highest BCUT2D eigenvalue weighted by molar-refractivity contribution is 5.77. The minimum absolute atomic E-state index is 0.0330. The summed E-state index contributed by atoms with van der Waals surface area (Å²) < 4.78 is 29.0. The van der Waals surface area contributed by atoms with Gasteiger partial charge in [-0.3, -0.25) is 14.9 Å². The van der Waals surface area contributed by atoms with Crippen LogP contribution in [0.4, 0.5) is 8.78 Å². The molecule has 7 nitrogen and oxygen atoms in total. The highest BCUT2D eigenvalue weighted by Gasteiger charge is 2.27. The van der Waals surface area contributed by atoms with Gasteiger partial charge in [0.1, 0.15) is 11.6 Å². The monoisotopic (exact) mass is 405 g/mol. The van der Waals surface area contributed by atoms with Crippen LogP contribution in [0, 0.1) is 25.5 Å². The molecule has 2 aromatic rings. The zero-order valence-corrected chi connectivity index (χ0v) is 16.7. The van der Waals surface area contributed by atoms with E-state index in [-0.39, 0.29) is 36.4 Å². The van der Waals surface area contributed by atoms with Crippen molar-refractivity contribution in [3.8, 4) is 0 Å². The molecule has 0 aliphatic carbocycles. The van der Waals surface area contributed by atoms with Gasteiger partial charge in [0.25, 0.3) is 0 Å². The van der Waals surface area contributed by atoms with E-state index < -0.39 is 17.9 Å². The summed E-state index contributed by atoms with van der Waals surface area (Å²) in [4.78, 5) is 24.0. The Morgan fingerprint density at radius 3 is 2.62 bits per heavy atom. The molecular formula is C20H25F2N5O2. The number of aromatic nitrogens is 2. The van der Waals surface area contributed by atoms with Crippen LogP contribution >= 0.6 is 0 Å². The van der Waals surface area contributed by atoms with Crippen LogP contribution in [0.2, 0.25) is 0 Å². The van der Waals surface area contributed by atoms with E-state index >= 15 is 0 Å². The largest absolute Gasteiger partial charge is 0.352 e. The predicted octanol–water partition coefficient (Wildman–Crippen LogP) is 1.98. The fourth-order valence-corrected chi connectivity index (χ4v) is 3.52. The van der Waals surface area contributed by atoms with E-state index in [1.54, 1.807) is 4.68 Å². The lowest BCUT2D eigenvalue weighted by Gasteiger charge is -2.30. The third-order valence-electron chi connectivity index (χ3n) is 5.08. The number of nitrogens with one attached hydrogen (secondary N) is 3. The number of rotatable bonds is 6. The van der Waals surface area contributed by atoms with Crippen molar-refractivity contribution in [2.24, 2.45) is 0 Å². The van der Waals surface area contributed by atoms with Gasteiger partial charge >= 0.3 is 0 Å². The lowest BCUT2D eigenvalue weighted by molar-refractivity contribution is -0.125. The van der Waals surface area contributed by atoms with Crippen LogP contribution in [-0.2, 0) is 22.6 Å². The lowest BCUT2D eigenvalue weighted by atomic mass is 10.1. The van der Waals surface area contributed by atoms with Gasteiger partial charge < -0.3 is 10.6 Å². The van der Waals surface area contributed by atoms with E-state index in [2.05, 4.69) is 21.0 Å². The second-order valence-corrected chi connectivity index (χ2v) is 7.31. The summed E-state index contributed by atoms with van der Waals surface area (Å²) in [7, 11) is 0. The first kappa shape index (κ1) is 20.9. The summed E-state index contributed by atoms with van der Waals surface area (Å²) >= 11 is 0. The van der Waals surface area contributed by atoms with E-state index in [9.17, 15) is 18.4 Å². The first-order valence-corrected chi connectivity index (χ1v) is 9.56. The van der Waals surface area contributed by atoms with E-state index in [0.717, 1.165) is 29.1 Å². The Labute approximate surface area is 167 Å². The fourth-order valence-electron chi connectivity index (χ4n) is 3.52. The molecular weight excluding hydrogens is 380 g/mol. The Morgan fingerprint density at radius 2 is 1.97 bits per heavy atom. The molecule has 3 N–H and O–H groups in total. The number of halogens is 2. The Hall–Kier alpha value is -2.81. The molecule has 1 aromatic carbocycles. The predicted molar refractivity (Wildman–Crippen MR) is 103 cm³/mol. The molecule has 1 aliphatic rings. The highest BCUT2D eigenvalue weighted by Crippen LogP contribution is 2.19. The van der Waals surface area contributed by atoms with Crippen molar-refractivity contribution >= 4 is 11.8 Å². The maximum Gasteiger partial charge on any atom is 0.224 e. The minimum atomic E-state index is -0.686. The van der Waals surface area contributed by atoms with Crippen molar-refractivity contribution in [1.29, 1.82) is 0 Å². The number of carbonyl (C=O) groups is 2. The summed E-state index contributed by atoms with van der Waals surface area (Å²) in [5.74, 6) is -1.73. The molecule has 2 unspecified atom stereocenters. The number of nitrogens with zero attached hydrogens (tertiary/aromatic N) is 2. The first-order chi connectivity index (χ1) is 13.8. The molecule has 0 bridgehead atoms. The summed E-state index contributed by atoms with van der Waals surface area (Å²) in [6.45, 7) is 5.46. The smallest absolute Gasteiger partial charge is 0.224 e. The molecule has 1 saturated heterocycles. The van der Waals surface area contributed by atoms with Crippen LogP contribution in [0.5, 0.6) is 0 Å². The van der Waals surface area contributed by atoms with Gasteiger partial charge in [0, 0.05) is 36.7 Å². The number of aryl methyl sites for hydroxylation is 1. The van der Waals surface area contributed by atoms with Crippen LogP contribution < -0.4 is 16.0 Å². The second-order valence-electron chi connectivity index (χ2n) is 7.31. The molecule has 9 heteroatoms. The van der Waals surface area contributed by atoms with Crippen molar-refractivity contribution < 1.29 is 18.4 Å². The van der Waals surface area contributed by atoms with E-state index in [4.69, 9.17) is 0 Å². The minimum Gasteiger partial charge on any atom is -0.352 e. The maximum atomic E-state index is 13.7. The van der Waals surface area contributed by atoms with Crippen LogP contribution in [0.15, 0.2) is 18.2 Å². The standard InChI is InChI=1S/C20H25F2N5O2/c1-11-9-19(29)25-20(24-11)27-13(3)14(12(2)26-27)7-8-18(28)23-10-15-16(21)5-4-6-17(15)22/h4-6,11,20,24H,7-10H2,1-3H3,(H,23,28)(H,25,29). The summed E-state index contributed by atoms with van der Waals surface area (Å²) in [5.41, 5.74) is 2.37. The van der Waals surface area contributed by atoms with Crippen molar-refractivity contribution in [3.63, 3.8) is 0 Å². The molecule has 156 valence electrons. The summed E-state index contributed by atoms with van der Waals surface area (Å²) in [6, 6.07) is 3.63. The molecule has 2 atom stereocenters. The van der Waals surface area contributed by atoms with Gasteiger partial charge in [0.05, 0.1) is 5.69 Å². The molecule has 29 heavy (non-hydrogen) atoms. The normalized spacial score (nSPS) is 19.1. The van der Waals surface area contributed by atoms with E-state index in [1.165, 1.54) is 6.07 Å². The Morgan fingerprint density at radius 1 is 1.28 bits per heavy atom. The van der Waals surface area contributed by atoms with Crippen molar-refractivity contribution in [1.82, 2.24) is 25.7 Å². The SMILES string of the molecule is Cc1nn(C2NC(=O)CC(C)N2)c(C)c1CCC(=O)NCc1c(F)cccc1F. The summed E-state index contributed by atoms with van der Waals surface area (Å²) in [5, 5.41) is 13.2. The van der Waals surface area contributed by atoms with Crippen LogP contribution in [-0.4, -0.2) is 27.6 Å². The van der Waals surface area contributed by atoms with Crippen LogP contribution in [0.1, 0.15) is 48.6 Å². The average Bonchev–Trinajstić information content (AvgIpc) is 2.93. The number of amides is 2. The molecule has 0 radical (unpaired) electrons. The molecule has 2 heterocycles. The number of benzene rings is 1. The number of hydrogen-bond donors (Lipinski definition) is 3. The molecule has 0 saturated carbocycles. The average molecular weight is 405 g/mol. The summed E-state index contributed by atoms with van der Waals surface area (Å²) in [6.07, 6.45) is 0.562. The van der Waals surface area contributed by atoms with Crippen LogP contribution in [0.25, 0.3) is 0 Å². The molecule has 1 fully saturated rings. The third-order valence-corrected chi connectivity index (χ3v) is 5.08. The van der Waals surface area contributed by atoms with Crippen molar-refractivity contribution in [3.05, 3.63) is 52.3 Å².